The Bertz CT molecular complexity index is 262. The SMILES string of the molecule is CCCNC(=O)CNC(=O)CC1(N)CCC1. The highest BCUT2D eigenvalue weighted by Crippen LogP contribution is 2.31. The van der Waals surface area contributed by atoms with Crippen LogP contribution in [0.1, 0.15) is 39.0 Å². The molecule has 0 saturated heterocycles. The summed E-state index contributed by atoms with van der Waals surface area (Å²) in [7, 11) is 0. The molecule has 0 bridgehead atoms. The van der Waals surface area contributed by atoms with E-state index in [0.717, 1.165) is 25.7 Å². The molecule has 0 spiro atoms. The molecule has 0 aliphatic heterocycles. The largest absolute Gasteiger partial charge is 0.355 e. The second kappa shape index (κ2) is 5.84. The van der Waals surface area contributed by atoms with Crippen LogP contribution in [0, 0.1) is 0 Å². The maximum absolute atomic E-state index is 11.5. The monoisotopic (exact) mass is 227 g/mol. The molecule has 1 aliphatic rings. The lowest BCUT2D eigenvalue weighted by molar-refractivity contribution is -0.127. The molecule has 1 saturated carbocycles. The van der Waals surface area contributed by atoms with Gasteiger partial charge in [-0.2, -0.15) is 0 Å². The molecule has 0 radical (unpaired) electrons. The van der Waals surface area contributed by atoms with Gasteiger partial charge in [0.2, 0.25) is 11.8 Å². The number of hydrogen-bond donors (Lipinski definition) is 3. The lowest BCUT2D eigenvalue weighted by atomic mass is 9.75. The van der Waals surface area contributed by atoms with E-state index in [1.54, 1.807) is 0 Å². The lowest BCUT2D eigenvalue weighted by Crippen LogP contribution is -2.50. The number of rotatable bonds is 6. The van der Waals surface area contributed by atoms with Gasteiger partial charge in [-0.25, -0.2) is 0 Å². The minimum absolute atomic E-state index is 0.0505. The molecule has 92 valence electrons. The normalized spacial score (nSPS) is 17.4. The van der Waals surface area contributed by atoms with Crippen molar-refractivity contribution >= 4 is 11.8 Å². The van der Waals surface area contributed by atoms with Gasteiger partial charge in [0, 0.05) is 18.5 Å². The third kappa shape index (κ3) is 4.18. The Morgan fingerprint density at radius 3 is 2.44 bits per heavy atom. The minimum Gasteiger partial charge on any atom is -0.355 e. The van der Waals surface area contributed by atoms with Crippen molar-refractivity contribution in [1.29, 1.82) is 0 Å². The molecule has 1 rings (SSSR count). The van der Waals surface area contributed by atoms with Crippen LogP contribution in [-0.4, -0.2) is 30.4 Å². The van der Waals surface area contributed by atoms with Crippen molar-refractivity contribution < 1.29 is 9.59 Å². The van der Waals surface area contributed by atoms with E-state index < -0.39 is 0 Å². The van der Waals surface area contributed by atoms with Gasteiger partial charge < -0.3 is 16.4 Å². The van der Waals surface area contributed by atoms with Gasteiger partial charge in [-0.15, -0.1) is 0 Å². The van der Waals surface area contributed by atoms with Crippen molar-refractivity contribution in [1.82, 2.24) is 10.6 Å². The van der Waals surface area contributed by atoms with Crippen molar-refractivity contribution in [2.75, 3.05) is 13.1 Å². The summed E-state index contributed by atoms with van der Waals surface area (Å²) < 4.78 is 0. The molecule has 16 heavy (non-hydrogen) atoms. The number of amides is 2. The molecule has 1 aliphatic carbocycles. The number of carbonyl (C=O) groups excluding carboxylic acids is 2. The van der Waals surface area contributed by atoms with Gasteiger partial charge >= 0.3 is 0 Å². The van der Waals surface area contributed by atoms with Crippen molar-refractivity contribution in [3.63, 3.8) is 0 Å². The molecule has 0 aromatic rings. The van der Waals surface area contributed by atoms with E-state index in [1.807, 2.05) is 6.92 Å². The van der Waals surface area contributed by atoms with Crippen LogP contribution in [0.15, 0.2) is 0 Å². The quantitative estimate of drug-likeness (QED) is 0.592. The van der Waals surface area contributed by atoms with Crippen molar-refractivity contribution in [2.45, 2.75) is 44.6 Å². The first-order valence-corrected chi connectivity index (χ1v) is 5.88. The summed E-state index contributed by atoms with van der Waals surface area (Å²) in [6, 6.07) is 0. The second-order valence-electron chi connectivity index (χ2n) is 4.52. The van der Waals surface area contributed by atoms with Crippen molar-refractivity contribution in [2.24, 2.45) is 5.73 Å². The van der Waals surface area contributed by atoms with E-state index in [1.165, 1.54) is 0 Å². The molecule has 5 nitrogen and oxygen atoms in total. The number of nitrogens with two attached hydrogens (primary N) is 1. The summed E-state index contributed by atoms with van der Waals surface area (Å²) in [5.74, 6) is -0.274. The smallest absolute Gasteiger partial charge is 0.239 e. The van der Waals surface area contributed by atoms with E-state index in [0.29, 0.717) is 13.0 Å². The maximum Gasteiger partial charge on any atom is 0.239 e. The van der Waals surface area contributed by atoms with Gasteiger partial charge in [0.25, 0.3) is 0 Å². The highest BCUT2D eigenvalue weighted by atomic mass is 16.2. The fourth-order valence-electron chi connectivity index (χ4n) is 1.70. The Hall–Kier alpha value is -1.10. The van der Waals surface area contributed by atoms with Crippen LogP contribution in [0.25, 0.3) is 0 Å². The first-order valence-electron chi connectivity index (χ1n) is 5.88. The summed E-state index contributed by atoms with van der Waals surface area (Å²) in [6.07, 6.45) is 4.13. The van der Waals surface area contributed by atoms with Crippen molar-refractivity contribution in [3.05, 3.63) is 0 Å². The van der Waals surface area contributed by atoms with E-state index in [4.69, 9.17) is 5.73 Å². The van der Waals surface area contributed by atoms with E-state index in [9.17, 15) is 9.59 Å². The number of hydrogen-bond acceptors (Lipinski definition) is 3. The zero-order chi connectivity index (χ0) is 12.0. The summed E-state index contributed by atoms with van der Waals surface area (Å²) in [4.78, 5) is 22.7. The van der Waals surface area contributed by atoms with Crippen LogP contribution in [0.4, 0.5) is 0 Å². The summed E-state index contributed by atoms with van der Waals surface area (Å²) in [6.45, 7) is 2.68. The Morgan fingerprint density at radius 1 is 1.25 bits per heavy atom. The van der Waals surface area contributed by atoms with Crippen LogP contribution in [0.3, 0.4) is 0 Å². The van der Waals surface area contributed by atoms with Gasteiger partial charge in [-0.1, -0.05) is 6.92 Å². The maximum atomic E-state index is 11.5. The topological polar surface area (TPSA) is 84.2 Å². The fraction of sp³-hybridized carbons (Fsp3) is 0.818. The van der Waals surface area contributed by atoms with Gasteiger partial charge in [-0.05, 0) is 25.7 Å². The van der Waals surface area contributed by atoms with Gasteiger partial charge in [-0.3, -0.25) is 9.59 Å². The second-order valence-corrected chi connectivity index (χ2v) is 4.52. The molecule has 0 unspecified atom stereocenters. The van der Waals surface area contributed by atoms with E-state index in [2.05, 4.69) is 10.6 Å². The molecule has 4 N–H and O–H groups in total. The summed E-state index contributed by atoms with van der Waals surface area (Å²) in [5, 5.41) is 5.28. The zero-order valence-corrected chi connectivity index (χ0v) is 9.84. The predicted molar refractivity (Wildman–Crippen MR) is 61.7 cm³/mol. The molecule has 0 aromatic heterocycles. The van der Waals surface area contributed by atoms with E-state index >= 15 is 0 Å². The lowest BCUT2D eigenvalue weighted by Gasteiger charge is -2.37. The van der Waals surface area contributed by atoms with Crippen LogP contribution in [0.2, 0.25) is 0 Å². The molecule has 0 aromatic carbocycles. The first kappa shape index (κ1) is 13.0. The van der Waals surface area contributed by atoms with Crippen LogP contribution >= 0.6 is 0 Å². The molecule has 5 heteroatoms. The Morgan fingerprint density at radius 2 is 1.94 bits per heavy atom. The zero-order valence-electron chi connectivity index (χ0n) is 9.84. The summed E-state index contributed by atoms with van der Waals surface area (Å²) >= 11 is 0. The van der Waals surface area contributed by atoms with Gasteiger partial charge in [0.1, 0.15) is 0 Å². The predicted octanol–water partition coefficient (Wildman–Crippen LogP) is -0.0997. The molecular weight excluding hydrogens is 206 g/mol. The van der Waals surface area contributed by atoms with Crippen LogP contribution in [0.5, 0.6) is 0 Å². The highest BCUT2D eigenvalue weighted by molar-refractivity contribution is 5.85. The van der Waals surface area contributed by atoms with Crippen LogP contribution < -0.4 is 16.4 Å². The molecule has 0 heterocycles. The Balaban J connectivity index is 2.12. The highest BCUT2D eigenvalue weighted by Gasteiger charge is 2.34. The molecular formula is C11H21N3O2. The van der Waals surface area contributed by atoms with Crippen LogP contribution in [-0.2, 0) is 9.59 Å². The fourth-order valence-corrected chi connectivity index (χ4v) is 1.70. The standard InChI is InChI=1S/C11H21N3O2/c1-2-6-13-10(16)8-14-9(15)7-11(12)4-3-5-11/h2-8,12H2,1H3,(H,13,16)(H,14,15). The summed E-state index contributed by atoms with van der Waals surface area (Å²) in [5.41, 5.74) is 5.61. The Kier molecular flexibility index (Phi) is 4.73. The average Bonchev–Trinajstić information content (AvgIpc) is 2.21. The van der Waals surface area contributed by atoms with E-state index in [-0.39, 0.29) is 23.9 Å². The average molecular weight is 227 g/mol. The van der Waals surface area contributed by atoms with Gasteiger partial charge in [0.15, 0.2) is 0 Å². The first-order chi connectivity index (χ1) is 7.56. The third-order valence-electron chi connectivity index (χ3n) is 2.88. The van der Waals surface area contributed by atoms with Crippen molar-refractivity contribution in [3.8, 4) is 0 Å². The number of nitrogens with one attached hydrogen (secondary N) is 2. The molecule has 1 fully saturated rings. The minimum atomic E-state index is -0.315. The van der Waals surface area contributed by atoms with Gasteiger partial charge in [0.05, 0.1) is 6.54 Å². The Labute approximate surface area is 96.1 Å². The number of carbonyl (C=O) groups is 2. The molecule has 2 amide bonds. The molecule has 0 atom stereocenters. The third-order valence-corrected chi connectivity index (χ3v) is 2.88.